The summed E-state index contributed by atoms with van der Waals surface area (Å²) in [7, 11) is 0. The van der Waals surface area contributed by atoms with Gasteiger partial charge in [0.15, 0.2) is 0 Å². The predicted molar refractivity (Wildman–Crippen MR) is 52.2 cm³/mol. The van der Waals surface area contributed by atoms with Gasteiger partial charge in [0.05, 0.1) is 12.1 Å². The van der Waals surface area contributed by atoms with Gasteiger partial charge in [-0.3, -0.25) is 0 Å². The van der Waals surface area contributed by atoms with Crippen LogP contribution >= 0.6 is 0 Å². The molecule has 2 rings (SSSR count). The third-order valence-corrected chi connectivity index (χ3v) is 2.90. The Labute approximate surface area is 86.7 Å². The van der Waals surface area contributed by atoms with E-state index in [1.165, 1.54) is 6.07 Å². The zero-order chi connectivity index (χ0) is 11.0. The summed E-state index contributed by atoms with van der Waals surface area (Å²) in [5, 5.41) is 9.62. The van der Waals surface area contributed by atoms with Gasteiger partial charge < -0.3 is 10.8 Å². The first kappa shape index (κ1) is 10.5. The van der Waals surface area contributed by atoms with E-state index in [9.17, 15) is 13.9 Å². The van der Waals surface area contributed by atoms with Crippen molar-refractivity contribution in [1.82, 2.24) is 0 Å². The van der Waals surface area contributed by atoms with Gasteiger partial charge in [0.2, 0.25) is 0 Å². The van der Waals surface area contributed by atoms with Gasteiger partial charge in [-0.15, -0.1) is 0 Å². The van der Waals surface area contributed by atoms with E-state index in [1.54, 1.807) is 0 Å². The van der Waals surface area contributed by atoms with Crippen LogP contribution in [0, 0.1) is 11.6 Å². The second-order valence-electron chi connectivity index (χ2n) is 3.94. The monoisotopic (exact) mass is 213 g/mol. The van der Waals surface area contributed by atoms with Crippen molar-refractivity contribution in [3.05, 3.63) is 34.9 Å². The number of rotatable bonds is 0. The maximum Gasteiger partial charge on any atom is 0.129 e. The van der Waals surface area contributed by atoms with Crippen molar-refractivity contribution in [1.29, 1.82) is 0 Å². The zero-order valence-corrected chi connectivity index (χ0v) is 8.21. The summed E-state index contributed by atoms with van der Waals surface area (Å²) in [5.41, 5.74) is 6.59. The molecule has 1 aromatic carbocycles. The minimum absolute atomic E-state index is 0.400. The quantitative estimate of drug-likeness (QED) is 0.644. The topological polar surface area (TPSA) is 46.2 Å². The smallest absolute Gasteiger partial charge is 0.129 e. The molecule has 0 fully saturated rings. The van der Waals surface area contributed by atoms with Crippen molar-refractivity contribution in [3.63, 3.8) is 0 Å². The Balaban J connectivity index is 2.53. The van der Waals surface area contributed by atoms with Crippen molar-refractivity contribution < 1.29 is 13.9 Å². The number of hydrogen-bond acceptors (Lipinski definition) is 2. The lowest BCUT2D eigenvalue weighted by Crippen LogP contribution is -2.25. The summed E-state index contributed by atoms with van der Waals surface area (Å²) in [6, 6.07) is 1.40. The first-order chi connectivity index (χ1) is 7.09. The van der Waals surface area contributed by atoms with Gasteiger partial charge in [-0.05, 0) is 36.5 Å². The van der Waals surface area contributed by atoms with Crippen LogP contribution in [0.3, 0.4) is 0 Å². The number of fused-ring (bicyclic) bond motifs is 1. The second kappa shape index (κ2) is 3.87. The summed E-state index contributed by atoms with van der Waals surface area (Å²) < 4.78 is 26.4. The molecule has 0 saturated heterocycles. The van der Waals surface area contributed by atoms with Crippen LogP contribution in [-0.4, -0.2) is 11.2 Å². The van der Waals surface area contributed by atoms with Crippen molar-refractivity contribution in [3.8, 4) is 0 Å². The average Bonchev–Trinajstić information content (AvgIpc) is 2.30. The largest absolute Gasteiger partial charge is 0.391 e. The van der Waals surface area contributed by atoms with E-state index < -0.39 is 23.8 Å². The summed E-state index contributed by atoms with van der Waals surface area (Å²) in [5.74, 6) is -1.20. The van der Waals surface area contributed by atoms with Gasteiger partial charge in [0, 0.05) is 6.07 Å². The molecule has 0 radical (unpaired) electrons. The molecule has 2 nitrogen and oxygen atoms in total. The van der Waals surface area contributed by atoms with E-state index in [4.69, 9.17) is 5.73 Å². The lowest BCUT2D eigenvalue weighted by molar-refractivity contribution is 0.136. The normalized spacial score (nSPS) is 25.9. The minimum Gasteiger partial charge on any atom is -0.391 e. The maximum absolute atomic E-state index is 13.4. The van der Waals surface area contributed by atoms with Crippen LogP contribution in [-0.2, 0) is 6.42 Å². The molecule has 15 heavy (non-hydrogen) atoms. The Bertz CT molecular complexity index is 381. The molecule has 0 unspecified atom stereocenters. The van der Waals surface area contributed by atoms with Gasteiger partial charge in [-0.1, -0.05) is 0 Å². The number of halogens is 2. The number of nitrogens with two attached hydrogens (primary N) is 1. The fraction of sp³-hybridized carbons (Fsp3) is 0.455. The fourth-order valence-electron chi connectivity index (χ4n) is 2.06. The Morgan fingerprint density at radius 1 is 1.33 bits per heavy atom. The molecule has 4 heteroatoms. The molecule has 2 atom stereocenters. The molecule has 0 aromatic heterocycles. The highest BCUT2D eigenvalue weighted by molar-refractivity contribution is 5.33. The Morgan fingerprint density at radius 3 is 2.80 bits per heavy atom. The van der Waals surface area contributed by atoms with E-state index in [0.29, 0.717) is 30.4 Å². The van der Waals surface area contributed by atoms with Crippen molar-refractivity contribution in [2.24, 2.45) is 5.73 Å². The van der Waals surface area contributed by atoms with Crippen molar-refractivity contribution in [2.75, 3.05) is 0 Å². The molecule has 1 aliphatic rings. The number of aliphatic hydroxyl groups is 1. The first-order valence-corrected chi connectivity index (χ1v) is 5.01. The van der Waals surface area contributed by atoms with Crippen LogP contribution < -0.4 is 5.73 Å². The molecule has 0 aliphatic heterocycles. The van der Waals surface area contributed by atoms with Gasteiger partial charge in [-0.25, -0.2) is 8.78 Å². The van der Waals surface area contributed by atoms with Crippen LogP contribution in [0.5, 0.6) is 0 Å². The van der Waals surface area contributed by atoms with E-state index in [1.807, 2.05) is 0 Å². The van der Waals surface area contributed by atoms with Gasteiger partial charge in [-0.2, -0.15) is 0 Å². The number of aliphatic hydroxyl groups excluding tert-OH is 1. The Morgan fingerprint density at radius 2 is 2.07 bits per heavy atom. The van der Waals surface area contributed by atoms with Crippen LogP contribution in [0.4, 0.5) is 8.78 Å². The van der Waals surface area contributed by atoms with E-state index in [-0.39, 0.29) is 0 Å². The standard InChI is InChI=1S/C11H13F2NO/c12-6-4-8-7(9(13)5-6)2-1-3-10(15)11(8)14/h4-5,10-11,15H,1-3,14H2/t10-,11+/m0/s1. The number of benzene rings is 1. The maximum atomic E-state index is 13.4. The first-order valence-electron chi connectivity index (χ1n) is 5.01. The van der Waals surface area contributed by atoms with E-state index in [0.717, 1.165) is 6.07 Å². The molecule has 0 amide bonds. The highest BCUT2D eigenvalue weighted by Crippen LogP contribution is 2.29. The molecular weight excluding hydrogens is 200 g/mol. The third kappa shape index (κ3) is 1.87. The molecule has 1 aliphatic carbocycles. The predicted octanol–water partition coefficient (Wildman–Crippen LogP) is 1.66. The van der Waals surface area contributed by atoms with E-state index >= 15 is 0 Å². The van der Waals surface area contributed by atoms with E-state index in [2.05, 4.69) is 0 Å². The Hall–Kier alpha value is -1.00. The molecule has 0 spiro atoms. The second-order valence-corrected chi connectivity index (χ2v) is 3.94. The van der Waals surface area contributed by atoms with Crippen LogP contribution in [0.15, 0.2) is 12.1 Å². The zero-order valence-electron chi connectivity index (χ0n) is 8.21. The number of hydrogen-bond donors (Lipinski definition) is 2. The fourth-order valence-corrected chi connectivity index (χ4v) is 2.06. The molecule has 0 bridgehead atoms. The van der Waals surface area contributed by atoms with Gasteiger partial charge in [0.25, 0.3) is 0 Å². The summed E-state index contributed by atoms with van der Waals surface area (Å²) in [4.78, 5) is 0. The van der Waals surface area contributed by atoms with Crippen LogP contribution in [0.1, 0.15) is 30.0 Å². The van der Waals surface area contributed by atoms with Crippen molar-refractivity contribution >= 4 is 0 Å². The lowest BCUT2D eigenvalue weighted by Gasteiger charge is -2.17. The summed E-state index contributed by atoms with van der Waals surface area (Å²) in [6.45, 7) is 0. The highest BCUT2D eigenvalue weighted by atomic mass is 19.1. The van der Waals surface area contributed by atoms with Crippen LogP contribution in [0.2, 0.25) is 0 Å². The van der Waals surface area contributed by atoms with Gasteiger partial charge in [0.1, 0.15) is 11.6 Å². The van der Waals surface area contributed by atoms with Crippen LogP contribution in [0.25, 0.3) is 0 Å². The van der Waals surface area contributed by atoms with Crippen molar-refractivity contribution in [2.45, 2.75) is 31.4 Å². The molecule has 0 heterocycles. The summed E-state index contributed by atoms with van der Waals surface area (Å²) >= 11 is 0. The molecule has 3 N–H and O–H groups in total. The lowest BCUT2D eigenvalue weighted by atomic mass is 9.98. The molecule has 82 valence electrons. The molecule has 0 saturated carbocycles. The Kier molecular flexibility index (Phi) is 2.71. The SMILES string of the molecule is N[C@@H]1c2cc(F)cc(F)c2CCC[C@@H]1O. The average molecular weight is 213 g/mol. The molecule has 1 aromatic rings. The minimum atomic E-state index is -0.715. The summed E-state index contributed by atoms with van der Waals surface area (Å²) in [6.07, 6.45) is 0.987. The highest BCUT2D eigenvalue weighted by Gasteiger charge is 2.25. The molecular formula is C11H13F2NO. The van der Waals surface area contributed by atoms with Gasteiger partial charge >= 0.3 is 0 Å². The third-order valence-electron chi connectivity index (χ3n) is 2.90.